The Bertz CT molecular complexity index is 1280. The number of halogens is 1. The fourth-order valence-electron chi connectivity index (χ4n) is 4.03. The third kappa shape index (κ3) is 4.06. The van der Waals surface area contributed by atoms with E-state index in [-0.39, 0.29) is 5.91 Å². The van der Waals surface area contributed by atoms with Gasteiger partial charge in [-0.25, -0.2) is 9.69 Å². The van der Waals surface area contributed by atoms with Crippen molar-refractivity contribution in [3.63, 3.8) is 0 Å². The molecule has 0 saturated carbocycles. The van der Waals surface area contributed by atoms with Crippen LogP contribution in [0.4, 0.5) is 16.2 Å². The smallest absolute Gasteiger partial charge is 0.329 e. The number of methoxy groups -OCH3 is 1. The third-order valence-electron chi connectivity index (χ3n) is 5.62. The number of rotatable bonds is 6. The monoisotopic (exact) mass is 480 g/mol. The Morgan fingerprint density at radius 1 is 1.21 bits per heavy atom. The van der Waals surface area contributed by atoms with E-state index < -0.39 is 17.3 Å². The summed E-state index contributed by atoms with van der Waals surface area (Å²) in [5.74, 6) is -0.279. The number of thioether (sulfide) groups is 1. The standard InChI is InChI=1S/C24H21ClN4O3S/c1-32-9-8-27-15-7-6-14-12-26-13-20(17(14)10-15)29-23(30)22-19(28-24(29)31)11-21(33-22)16-4-2-3-5-18(16)25/h2-7,10-13,19,22,27H,8-9H2,1H3,(H,28,31). The molecule has 7 nitrogen and oxygen atoms in total. The van der Waals surface area contributed by atoms with Crippen molar-refractivity contribution in [2.45, 2.75) is 11.3 Å². The van der Waals surface area contributed by atoms with Gasteiger partial charge in [0.1, 0.15) is 5.25 Å². The molecular weight excluding hydrogens is 460 g/mol. The Labute approximate surface area is 200 Å². The van der Waals surface area contributed by atoms with E-state index in [1.54, 1.807) is 19.5 Å². The molecule has 0 aliphatic carbocycles. The van der Waals surface area contributed by atoms with Crippen LogP contribution in [0.1, 0.15) is 5.56 Å². The number of fused-ring (bicyclic) bond motifs is 2. The summed E-state index contributed by atoms with van der Waals surface area (Å²) in [6.45, 7) is 1.21. The molecule has 0 bridgehead atoms. The summed E-state index contributed by atoms with van der Waals surface area (Å²) < 4.78 is 5.09. The Hall–Kier alpha value is -3.07. The SMILES string of the molecule is COCCNc1ccc2cncc(N3C(=O)NC4C=C(c5ccccc5Cl)SC4C3=O)c2c1. The minimum atomic E-state index is -0.479. The molecule has 9 heteroatoms. The van der Waals surface area contributed by atoms with Crippen LogP contribution in [-0.2, 0) is 9.53 Å². The van der Waals surface area contributed by atoms with Crippen molar-refractivity contribution in [1.82, 2.24) is 10.3 Å². The number of carbonyl (C=O) groups excluding carboxylic acids is 2. The summed E-state index contributed by atoms with van der Waals surface area (Å²) in [6.07, 6.45) is 5.18. The van der Waals surface area contributed by atoms with Gasteiger partial charge in [-0.2, -0.15) is 0 Å². The maximum atomic E-state index is 13.5. The molecule has 3 amide bonds. The number of hydrogen-bond acceptors (Lipinski definition) is 6. The number of urea groups is 1. The molecule has 168 valence electrons. The van der Waals surface area contributed by atoms with Gasteiger partial charge >= 0.3 is 6.03 Å². The zero-order chi connectivity index (χ0) is 22.9. The number of aromatic nitrogens is 1. The molecule has 3 aromatic rings. The molecule has 2 atom stereocenters. The average molecular weight is 481 g/mol. The number of nitrogens with zero attached hydrogens (tertiary/aromatic N) is 2. The first kappa shape index (κ1) is 21.8. The number of nitrogens with one attached hydrogen (secondary N) is 2. The lowest BCUT2D eigenvalue weighted by Gasteiger charge is -2.33. The van der Waals surface area contributed by atoms with E-state index in [0.717, 1.165) is 26.9 Å². The quantitative estimate of drug-likeness (QED) is 0.504. The van der Waals surface area contributed by atoms with Gasteiger partial charge in [0, 0.05) is 51.8 Å². The van der Waals surface area contributed by atoms with Crippen LogP contribution >= 0.6 is 23.4 Å². The van der Waals surface area contributed by atoms with Crippen LogP contribution in [0.3, 0.4) is 0 Å². The number of hydrogen-bond donors (Lipinski definition) is 2. The lowest BCUT2D eigenvalue weighted by molar-refractivity contribution is -0.118. The number of pyridine rings is 1. The molecule has 2 unspecified atom stereocenters. The van der Waals surface area contributed by atoms with E-state index in [4.69, 9.17) is 16.3 Å². The van der Waals surface area contributed by atoms with E-state index in [2.05, 4.69) is 15.6 Å². The molecule has 0 radical (unpaired) electrons. The van der Waals surface area contributed by atoms with Gasteiger partial charge < -0.3 is 15.4 Å². The second kappa shape index (κ2) is 9.05. The lowest BCUT2D eigenvalue weighted by Crippen LogP contribution is -2.60. The largest absolute Gasteiger partial charge is 0.383 e. The van der Waals surface area contributed by atoms with Gasteiger partial charge in [-0.15, -0.1) is 11.8 Å². The number of ether oxygens (including phenoxy) is 1. The van der Waals surface area contributed by atoms with Crippen molar-refractivity contribution in [2.75, 3.05) is 30.5 Å². The molecule has 33 heavy (non-hydrogen) atoms. The van der Waals surface area contributed by atoms with Crippen molar-refractivity contribution < 1.29 is 14.3 Å². The van der Waals surface area contributed by atoms with Crippen LogP contribution in [0.15, 0.2) is 60.9 Å². The highest BCUT2D eigenvalue weighted by Crippen LogP contribution is 2.44. The number of carbonyl (C=O) groups is 2. The summed E-state index contributed by atoms with van der Waals surface area (Å²) >= 11 is 7.77. The minimum absolute atomic E-state index is 0.279. The molecule has 1 aromatic heterocycles. The van der Waals surface area contributed by atoms with E-state index in [1.165, 1.54) is 16.7 Å². The van der Waals surface area contributed by atoms with E-state index in [0.29, 0.717) is 23.9 Å². The van der Waals surface area contributed by atoms with Crippen molar-refractivity contribution in [1.29, 1.82) is 0 Å². The van der Waals surface area contributed by atoms with Crippen LogP contribution in [0, 0.1) is 0 Å². The highest BCUT2D eigenvalue weighted by Gasteiger charge is 2.45. The minimum Gasteiger partial charge on any atom is -0.383 e. The van der Waals surface area contributed by atoms with E-state index >= 15 is 0 Å². The summed E-state index contributed by atoms with van der Waals surface area (Å²) in [5.41, 5.74) is 2.18. The third-order valence-corrected chi connectivity index (χ3v) is 7.31. The first-order valence-corrected chi connectivity index (χ1v) is 11.7. The van der Waals surface area contributed by atoms with Crippen LogP contribution in [0.25, 0.3) is 15.7 Å². The molecular formula is C24H21ClN4O3S. The molecule has 1 saturated heterocycles. The molecule has 1 fully saturated rings. The number of anilines is 2. The summed E-state index contributed by atoms with van der Waals surface area (Å²) in [6, 6.07) is 12.4. The number of benzene rings is 2. The second-order valence-corrected chi connectivity index (χ2v) is 9.30. The lowest BCUT2D eigenvalue weighted by atomic mass is 10.1. The van der Waals surface area contributed by atoms with Crippen molar-refractivity contribution in [3.05, 3.63) is 71.5 Å². The summed E-state index contributed by atoms with van der Waals surface area (Å²) in [4.78, 5) is 33.0. The van der Waals surface area contributed by atoms with Crippen LogP contribution in [0.5, 0.6) is 0 Å². The zero-order valence-corrected chi connectivity index (χ0v) is 19.3. The summed E-state index contributed by atoms with van der Waals surface area (Å²) in [7, 11) is 1.65. The average Bonchev–Trinajstić information content (AvgIpc) is 3.24. The maximum Gasteiger partial charge on any atom is 0.329 e. The summed E-state index contributed by atoms with van der Waals surface area (Å²) in [5, 5.41) is 7.97. The van der Waals surface area contributed by atoms with Gasteiger partial charge in [-0.3, -0.25) is 9.78 Å². The topological polar surface area (TPSA) is 83.6 Å². The van der Waals surface area contributed by atoms with E-state index in [9.17, 15) is 9.59 Å². The van der Waals surface area contributed by atoms with Crippen molar-refractivity contribution in [2.24, 2.45) is 0 Å². The molecule has 2 N–H and O–H groups in total. The van der Waals surface area contributed by atoms with Gasteiger partial charge in [0.15, 0.2) is 0 Å². The number of imide groups is 1. The van der Waals surface area contributed by atoms with Gasteiger partial charge in [0.2, 0.25) is 0 Å². The van der Waals surface area contributed by atoms with Gasteiger partial charge in [0.05, 0.1) is 24.5 Å². The van der Waals surface area contributed by atoms with Crippen molar-refractivity contribution in [3.8, 4) is 0 Å². The molecule has 2 aliphatic rings. The second-order valence-electron chi connectivity index (χ2n) is 7.71. The van der Waals surface area contributed by atoms with Gasteiger partial charge in [-0.1, -0.05) is 35.9 Å². The number of amides is 3. The Balaban J connectivity index is 1.46. The van der Waals surface area contributed by atoms with E-state index in [1.807, 2.05) is 48.5 Å². The molecule has 0 spiro atoms. The highest BCUT2D eigenvalue weighted by atomic mass is 35.5. The highest BCUT2D eigenvalue weighted by molar-refractivity contribution is 8.09. The van der Waals surface area contributed by atoms with Gasteiger partial charge in [-0.05, 0) is 24.3 Å². The van der Waals surface area contributed by atoms with Crippen molar-refractivity contribution >= 4 is 62.4 Å². The van der Waals surface area contributed by atoms with Crippen LogP contribution in [0.2, 0.25) is 5.02 Å². The van der Waals surface area contributed by atoms with Crippen LogP contribution in [-0.4, -0.2) is 48.5 Å². The fraction of sp³-hybridized carbons (Fsp3) is 0.208. The Morgan fingerprint density at radius 3 is 2.88 bits per heavy atom. The molecule has 2 aliphatic heterocycles. The predicted octanol–water partition coefficient (Wildman–Crippen LogP) is 4.53. The molecule has 3 heterocycles. The predicted molar refractivity (Wildman–Crippen MR) is 133 cm³/mol. The normalized spacial score (nSPS) is 19.9. The fourth-order valence-corrected chi connectivity index (χ4v) is 5.63. The zero-order valence-electron chi connectivity index (χ0n) is 17.7. The molecule has 2 aromatic carbocycles. The molecule has 5 rings (SSSR count). The van der Waals surface area contributed by atoms with Gasteiger partial charge in [0.25, 0.3) is 5.91 Å². The first-order valence-electron chi connectivity index (χ1n) is 10.5. The maximum absolute atomic E-state index is 13.5. The Morgan fingerprint density at radius 2 is 2.06 bits per heavy atom. The Kier molecular flexibility index (Phi) is 5.97. The first-order chi connectivity index (χ1) is 16.1. The van der Waals surface area contributed by atoms with Crippen LogP contribution < -0.4 is 15.5 Å².